The zero-order valence-electron chi connectivity index (χ0n) is 27.6. The fourth-order valence-electron chi connectivity index (χ4n) is 8.17. The summed E-state index contributed by atoms with van der Waals surface area (Å²) in [5.41, 5.74) is 1.87. The summed E-state index contributed by atoms with van der Waals surface area (Å²) in [4.78, 5) is 51.7. The smallest absolute Gasteiger partial charge is 0.550 e. The van der Waals surface area contributed by atoms with Gasteiger partial charge in [-0.1, -0.05) is 86.3 Å². The molecule has 8 nitrogen and oxygen atoms in total. The third kappa shape index (κ3) is 10.8. The van der Waals surface area contributed by atoms with Crippen LogP contribution in [0.5, 0.6) is 0 Å². The van der Waals surface area contributed by atoms with Crippen LogP contribution in [0.3, 0.4) is 0 Å². The van der Waals surface area contributed by atoms with Gasteiger partial charge in [-0.15, -0.1) is 0 Å². The monoisotopic (exact) mass is 668 g/mol. The van der Waals surface area contributed by atoms with Crippen LogP contribution < -0.4 is 10.2 Å². The summed E-state index contributed by atoms with van der Waals surface area (Å²) in [6, 6.07) is 18.9. The number of fused-ring (bicyclic) bond motifs is 2. The molecule has 248 valence electrons. The van der Waals surface area contributed by atoms with Crippen LogP contribution in [0.1, 0.15) is 75.3 Å². The third-order valence-corrected chi connectivity index (χ3v) is 10.8. The van der Waals surface area contributed by atoms with Gasteiger partial charge >= 0.3 is 37.7 Å². The molecule has 6 rings (SSSR count). The Morgan fingerprint density at radius 2 is 0.851 bits per heavy atom. The zero-order chi connectivity index (χ0) is 32.5. The molecule has 47 heavy (non-hydrogen) atoms. The fraction of sp³-hybridized carbons (Fsp3) is 0.579. The van der Waals surface area contributed by atoms with E-state index in [0.717, 1.165) is 37.3 Å². The van der Waals surface area contributed by atoms with E-state index in [-0.39, 0.29) is 62.4 Å². The Kier molecular flexibility index (Phi) is 14.6. The number of carboxylic acids is 2. The van der Waals surface area contributed by atoms with E-state index in [9.17, 15) is 29.4 Å². The molecular weight excluding hydrogens is 621 g/mol. The van der Waals surface area contributed by atoms with Crippen molar-refractivity contribution in [2.75, 3.05) is 26.2 Å². The molecule has 0 bridgehead atoms. The second-order valence-electron chi connectivity index (χ2n) is 14.0. The largest absolute Gasteiger partial charge is 2.00 e. The average molecular weight is 669 g/mol. The van der Waals surface area contributed by atoms with Gasteiger partial charge < -0.3 is 29.6 Å². The van der Waals surface area contributed by atoms with Gasteiger partial charge in [-0.3, -0.25) is 9.59 Å². The Balaban J connectivity index is 0.000000208. The molecule has 0 radical (unpaired) electrons. The molecule has 2 saturated heterocycles. The van der Waals surface area contributed by atoms with Crippen LogP contribution in [0.4, 0.5) is 0 Å². The van der Waals surface area contributed by atoms with Crippen molar-refractivity contribution in [3.05, 3.63) is 71.8 Å². The van der Waals surface area contributed by atoms with Crippen molar-refractivity contribution in [2.24, 2.45) is 35.5 Å². The maximum atomic E-state index is 12.5. The van der Waals surface area contributed by atoms with Crippen molar-refractivity contribution in [1.29, 1.82) is 0 Å². The van der Waals surface area contributed by atoms with Gasteiger partial charge in [-0.05, 0) is 73.3 Å². The Morgan fingerprint density at radius 1 is 0.553 bits per heavy atom. The van der Waals surface area contributed by atoms with E-state index >= 15 is 0 Å². The fourth-order valence-corrected chi connectivity index (χ4v) is 8.17. The number of nitrogens with zero attached hydrogens (tertiary/aromatic N) is 2. The van der Waals surface area contributed by atoms with E-state index in [0.29, 0.717) is 36.5 Å². The predicted molar refractivity (Wildman–Crippen MR) is 176 cm³/mol. The Hall–Kier alpha value is -2.42. The van der Waals surface area contributed by atoms with Gasteiger partial charge in [0.2, 0.25) is 11.8 Å². The molecule has 2 heterocycles. The van der Waals surface area contributed by atoms with Crippen molar-refractivity contribution >= 4 is 61.5 Å². The summed E-state index contributed by atoms with van der Waals surface area (Å²) in [5, 5.41) is 22.8. The molecule has 2 aromatic carbocycles. The summed E-state index contributed by atoms with van der Waals surface area (Å²) in [6.45, 7) is 3.26. The summed E-state index contributed by atoms with van der Waals surface area (Å²) in [7, 11) is 0. The molecule has 2 aliphatic carbocycles. The van der Waals surface area contributed by atoms with Gasteiger partial charge in [0.25, 0.3) is 0 Å². The van der Waals surface area contributed by atoms with Crippen LogP contribution in [0, 0.1) is 35.5 Å². The van der Waals surface area contributed by atoms with Gasteiger partial charge in [0.1, 0.15) is 0 Å². The van der Waals surface area contributed by atoms with Crippen LogP contribution in [-0.2, 0) is 32.0 Å². The number of carbonyl (C=O) groups is 4. The summed E-state index contributed by atoms with van der Waals surface area (Å²) >= 11 is 0. The third-order valence-electron chi connectivity index (χ3n) is 10.8. The number of carbonyl (C=O) groups excluding carboxylic acids is 4. The maximum absolute atomic E-state index is 12.5. The standard InChI is InChI=1S/2C19H25NO3.Ca/c2*21-18(20-12-15-8-4-5-9-16(15)13-20)11-17(19(22)23)10-14-6-2-1-3-7-14;/h2*1-3,6-7,15-17H,4-5,8-13H2,(H,22,23);/q;;+2/p-2/t2*15-,16-,17?;/m11./s1. The van der Waals surface area contributed by atoms with E-state index in [1.54, 1.807) is 0 Å². The zero-order valence-corrected chi connectivity index (χ0v) is 29.8. The van der Waals surface area contributed by atoms with Crippen molar-refractivity contribution in [3.8, 4) is 0 Å². The van der Waals surface area contributed by atoms with E-state index in [1.165, 1.54) is 51.4 Å². The van der Waals surface area contributed by atoms with E-state index < -0.39 is 23.8 Å². The van der Waals surface area contributed by atoms with Crippen LogP contribution in [0.15, 0.2) is 60.7 Å². The average Bonchev–Trinajstić information content (AvgIpc) is 3.70. The number of rotatable bonds is 10. The number of hydrogen-bond acceptors (Lipinski definition) is 6. The first kappa shape index (κ1) is 37.4. The summed E-state index contributed by atoms with van der Waals surface area (Å²) in [5.74, 6) is -1.27. The second kappa shape index (κ2) is 18.4. The van der Waals surface area contributed by atoms with Crippen molar-refractivity contribution in [3.63, 3.8) is 0 Å². The molecule has 4 fully saturated rings. The molecule has 2 unspecified atom stereocenters. The minimum atomic E-state index is -1.13. The van der Waals surface area contributed by atoms with Gasteiger partial charge in [0, 0.05) is 62.8 Å². The molecule has 9 heteroatoms. The summed E-state index contributed by atoms with van der Waals surface area (Å²) < 4.78 is 0. The molecule has 0 N–H and O–H groups in total. The first-order valence-corrected chi connectivity index (χ1v) is 17.3. The molecular formula is C38H48CaN2O6. The van der Waals surface area contributed by atoms with Crippen molar-refractivity contribution < 1.29 is 29.4 Å². The van der Waals surface area contributed by atoms with Crippen LogP contribution in [0.2, 0.25) is 0 Å². The minimum absolute atomic E-state index is 0. The minimum Gasteiger partial charge on any atom is -0.550 e. The SMILES string of the molecule is O=C([O-])C(CC(=O)N1C[C@H]2CCCC[C@@H]2C1)Cc1ccccc1.O=C([O-])C(CC(=O)N1C[C@H]2CCCC[C@@H]2C1)Cc1ccccc1.[Ca+2]. The molecule has 0 aromatic heterocycles. The molecule has 6 atom stereocenters. The van der Waals surface area contributed by atoms with E-state index in [1.807, 2.05) is 70.5 Å². The number of benzene rings is 2. The molecule has 4 aliphatic rings. The second-order valence-corrected chi connectivity index (χ2v) is 14.0. The predicted octanol–water partition coefficient (Wildman–Crippen LogP) is 2.89. The van der Waals surface area contributed by atoms with E-state index in [2.05, 4.69) is 0 Å². The van der Waals surface area contributed by atoms with Crippen molar-refractivity contribution in [1.82, 2.24) is 9.80 Å². The number of amides is 2. The maximum Gasteiger partial charge on any atom is 2.00 e. The first-order valence-electron chi connectivity index (χ1n) is 17.3. The quantitative estimate of drug-likeness (QED) is 0.359. The van der Waals surface area contributed by atoms with Crippen LogP contribution >= 0.6 is 0 Å². The van der Waals surface area contributed by atoms with Gasteiger partial charge in [-0.25, -0.2) is 0 Å². The Bertz CT molecular complexity index is 1190. The van der Waals surface area contributed by atoms with Crippen LogP contribution in [0.25, 0.3) is 0 Å². The number of hydrogen-bond donors (Lipinski definition) is 0. The molecule has 2 saturated carbocycles. The number of carboxylic acid groups (broad SMARTS) is 2. The first-order chi connectivity index (χ1) is 22.3. The van der Waals surface area contributed by atoms with Gasteiger partial charge in [0.15, 0.2) is 0 Å². The number of aliphatic carboxylic acids is 2. The normalized spacial score (nSPS) is 24.4. The van der Waals surface area contributed by atoms with Gasteiger partial charge in [-0.2, -0.15) is 0 Å². The molecule has 2 aromatic rings. The Labute approximate surface area is 309 Å². The molecule has 2 aliphatic heterocycles. The van der Waals surface area contributed by atoms with Gasteiger partial charge in [0.05, 0.1) is 0 Å². The Morgan fingerprint density at radius 3 is 1.13 bits per heavy atom. The van der Waals surface area contributed by atoms with E-state index in [4.69, 9.17) is 0 Å². The molecule has 2 amide bonds. The topological polar surface area (TPSA) is 121 Å². The number of likely N-dealkylation sites (tertiary alicyclic amines) is 2. The van der Waals surface area contributed by atoms with Crippen LogP contribution in [-0.4, -0.2) is 97.5 Å². The molecule has 0 spiro atoms. The van der Waals surface area contributed by atoms with Crippen molar-refractivity contribution in [2.45, 2.75) is 77.0 Å². The summed E-state index contributed by atoms with van der Waals surface area (Å²) in [6.07, 6.45) is 10.7.